The molecule has 3 aliphatic carbocycles. The van der Waals surface area contributed by atoms with Crippen molar-refractivity contribution in [1.82, 2.24) is 9.80 Å². The van der Waals surface area contributed by atoms with Gasteiger partial charge in [0.25, 0.3) is 11.8 Å². The standard InChI is InChI=1S/C24H26N2O5/c27-16-4-3-14-11-17-24(30)8-7-15(26-18(28)5-6-19(26)29)22-23(24,20(14)21(16)31-22)9-10-25(17)12-13-1-2-13/h3-6,13,15,17,22,27,30H,1-2,7-12H2/t15-,17-,22+,23+,24?/m1/s1. The van der Waals surface area contributed by atoms with Crippen LogP contribution in [-0.2, 0) is 21.4 Å². The Morgan fingerprint density at radius 2 is 1.87 bits per heavy atom. The van der Waals surface area contributed by atoms with E-state index in [2.05, 4.69) is 4.90 Å². The molecule has 2 bridgehead atoms. The van der Waals surface area contributed by atoms with Crippen LogP contribution in [0.25, 0.3) is 0 Å². The third-order valence-electron chi connectivity index (χ3n) is 8.91. The Morgan fingerprint density at radius 3 is 2.61 bits per heavy atom. The van der Waals surface area contributed by atoms with Crippen LogP contribution in [0.15, 0.2) is 24.3 Å². The van der Waals surface area contributed by atoms with Crippen LogP contribution in [0.4, 0.5) is 0 Å². The van der Waals surface area contributed by atoms with Gasteiger partial charge in [0.15, 0.2) is 11.5 Å². The molecule has 31 heavy (non-hydrogen) atoms. The predicted octanol–water partition coefficient (Wildman–Crippen LogP) is 1.25. The summed E-state index contributed by atoms with van der Waals surface area (Å²) in [5.74, 6) is 0.597. The number of aromatic hydroxyl groups is 1. The second-order valence-corrected chi connectivity index (χ2v) is 10.3. The number of benzene rings is 1. The third-order valence-corrected chi connectivity index (χ3v) is 8.91. The molecule has 7 heteroatoms. The zero-order chi connectivity index (χ0) is 21.1. The predicted molar refractivity (Wildman–Crippen MR) is 110 cm³/mol. The van der Waals surface area contributed by atoms with Crippen LogP contribution < -0.4 is 4.74 Å². The number of phenols is 1. The van der Waals surface area contributed by atoms with Gasteiger partial charge in [-0.15, -0.1) is 0 Å². The molecule has 2 N–H and O–H groups in total. The molecular formula is C24H26N2O5. The molecule has 2 amide bonds. The quantitative estimate of drug-likeness (QED) is 0.713. The lowest BCUT2D eigenvalue weighted by Gasteiger charge is -2.64. The largest absolute Gasteiger partial charge is 0.504 e. The molecule has 1 unspecified atom stereocenters. The minimum atomic E-state index is -1.01. The van der Waals surface area contributed by atoms with Gasteiger partial charge in [0.05, 0.1) is 17.1 Å². The number of hydrogen-bond donors (Lipinski definition) is 2. The Labute approximate surface area is 180 Å². The van der Waals surface area contributed by atoms with Crippen LogP contribution in [0.5, 0.6) is 11.5 Å². The minimum Gasteiger partial charge on any atom is -0.504 e. The molecule has 5 atom stereocenters. The van der Waals surface area contributed by atoms with Gasteiger partial charge in [-0.2, -0.15) is 0 Å². The number of aliphatic hydroxyl groups is 1. The summed E-state index contributed by atoms with van der Waals surface area (Å²) in [5.41, 5.74) is 0.306. The number of piperidine rings is 1. The Bertz CT molecular complexity index is 1050. The van der Waals surface area contributed by atoms with Gasteiger partial charge >= 0.3 is 0 Å². The van der Waals surface area contributed by atoms with E-state index in [1.54, 1.807) is 6.07 Å². The van der Waals surface area contributed by atoms with Gasteiger partial charge in [0, 0.05) is 30.3 Å². The molecule has 0 radical (unpaired) electrons. The highest BCUT2D eigenvalue weighted by molar-refractivity contribution is 6.13. The van der Waals surface area contributed by atoms with Crippen LogP contribution in [0.2, 0.25) is 0 Å². The van der Waals surface area contributed by atoms with E-state index in [1.165, 1.54) is 29.9 Å². The molecule has 2 saturated carbocycles. The van der Waals surface area contributed by atoms with Gasteiger partial charge in [-0.1, -0.05) is 6.07 Å². The summed E-state index contributed by atoms with van der Waals surface area (Å²) in [6.45, 7) is 1.87. The highest BCUT2D eigenvalue weighted by Gasteiger charge is 2.74. The number of hydrogen-bond acceptors (Lipinski definition) is 6. The van der Waals surface area contributed by atoms with Crippen LogP contribution in [0.3, 0.4) is 0 Å². The highest BCUT2D eigenvalue weighted by atomic mass is 16.5. The fourth-order valence-electron chi connectivity index (χ4n) is 7.46. The van der Waals surface area contributed by atoms with Crippen molar-refractivity contribution in [2.75, 3.05) is 13.1 Å². The zero-order valence-corrected chi connectivity index (χ0v) is 17.3. The van der Waals surface area contributed by atoms with Crippen molar-refractivity contribution < 1.29 is 24.5 Å². The summed E-state index contributed by atoms with van der Waals surface area (Å²) >= 11 is 0. The number of phenolic OH excluding ortho intramolecular Hbond substituents is 1. The number of rotatable bonds is 3. The Kier molecular flexibility index (Phi) is 3.35. The van der Waals surface area contributed by atoms with Gasteiger partial charge in [-0.05, 0) is 62.6 Å². The van der Waals surface area contributed by atoms with E-state index in [1.807, 2.05) is 6.07 Å². The number of ether oxygens (including phenoxy) is 1. The molecular weight excluding hydrogens is 396 g/mol. The van der Waals surface area contributed by atoms with Crippen molar-refractivity contribution in [3.05, 3.63) is 35.4 Å². The molecule has 1 aromatic rings. The maximum absolute atomic E-state index is 12.5. The summed E-state index contributed by atoms with van der Waals surface area (Å²) in [6.07, 6.45) is 7.05. The molecule has 3 heterocycles. The van der Waals surface area contributed by atoms with E-state index in [9.17, 15) is 19.8 Å². The molecule has 7 rings (SSSR count). The SMILES string of the molecule is O=C1C=CC(=O)N1[C@@H]1CCC2(O)[C@H]3Cc4ccc(O)c5c4[C@@]2(CCN3CC2CC2)[C@H]1O5. The molecule has 6 aliphatic rings. The summed E-state index contributed by atoms with van der Waals surface area (Å²) in [7, 11) is 0. The van der Waals surface area contributed by atoms with E-state index < -0.39 is 23.2 Å². The van der Waals surface area contributed by atoms with E-state index in [-0.39, 0.29) is 23.6 Å². The maximum atomic E-state index is 12.5. The number of nitrogens with zero attached hydrogens (tertiary/aromatic N) is 2. The van der Waals surface area contributed by atoms with Crippen molar-refractivity contribution in [3.63, 3.8) is 0 Å². The molecule has 3 aliphatic heterocycles. The third kappa shape index (κ3) is 2.07. The molecule has 7 nitrogen and oxygen atoms in total. The van der Waals surface area contributed by atoms with E-state index in [0.717, 1.165) is 36.6 Å². The zero-order valence-electron chi connectivity index (χ0n) is 17.3. The van der Waals surface area contributed by atoms with Gasteiger partial charge < -0.3 is 14.9 Å². The summed E-state index contributed by atoms with van der Waals surface area (Å²) in [6, 6.07) is 3.17. The molecule has 3 fully saturated rings. The molecule has 1 spiro atoms. The lowest BCUT2D eigenvalue weighted by Crippen LogP contribution is -2.78. The van der Waals surface area contributed by atoms with Crippen molar-refractivity contribution in [2.45, 2.75) is 67.7 Å². The lowest BCUT2D eigenvalue weighted by atomic mass is 9.48. The fourth-order valence-corrected chi connectivity index (χ4v) is 7.46. The van der Waals surface area contributed by atoms with Gasteiger partial charge in [-0.25, -0.2) is 0 Å². The van der Waals surface area contributed by atoms with Gasteiger partial charge in [0.1, 0.15) is 6.10 Å². The van der Waals surface area contributed by atoms with E-state index in [0.29, 0.717) is 25.0 Å². The van der Waals surface area contributed by atoms with Crippen molar-refractivity contribution in [2.24, 2.45) is 5.92 Å². The average Bonchev–Trinajstić information content (AvgIpc) is 3.40. The number of carbonyl (C=O) groups excluding carboxylic acids is 2. The van der Waals surface area contributed by atoms with Crippen LogP contribution >= 0.6 is 0 Å². The molecule has 162 valence electrons. The summed E-state index contributed by atoms with van der Waals surface area (Å²) in [5, 5.41) is 23.0. The number of imide groups is 1. The van der Waals surface area contributed by atoms with Crippen LogP contribution in [0, 0.1) is 5.92 Å². The minimum absolute atomic E-state index is 0.0139. The monoisotopic (exact) mass is 422 g/mol. The van der Waals surface area contributed by atoms with Gasteiger partial charge in [-0.3, -0.25) is 19.4 Å². The smallest absolute Gasteiger partial charge is 0.254 e. The number of likely N-dealkylation sites (tertiary alicyclic amines) is 1. The Balaban J connectivity index is 1.40. The maximum Gasteiger partial charge on any atom is 0.254 e. The Morgan fingerprint density at radius 1 is 1.10 bits per heavy atom. The molecule has 0 aromatic heterocycles. The van der Waals surface area contributed by atoms with Crippen molar-refractivity contribution in [3.8, 4) is 11.5 Å². The fraction of sp³-hybridized carbons (Fsp3) is 0.583. The van der Waals surface area contributed by atoms with Gasteiger partial charge in [0.2, 0.25) is 0 Å². The first kappa shape index (κ1) is 18.2. The topological polar surface area (TPSA) is 90.3 Å². The second-order valence-electron chi connectivity index (χ2n) is 10.3. The van der Waals surface area contributed by atoms with Crippen LogP contribution in [0.1, 0.15) is 43.2 Å². The highest BCUT2D eigenvalue weighted by Crippen LogP contribution is 2.66. The normalized spacial score (nSPS) is 40.3. The lowest BCUT2D eigenvalue weighted by molar-refractivity contribution is -0.201. The summed E-state index contributed by atoms with van der Waals surface area (Å²) < 4.78 is 6.42. The second kappa shape index (κ2) is 5.70. The van der Waals surface area contributed by atoms with Crippen molar-refractivity contribution >= 4 is 11.8 Å². The van der Waals surface area contributed by atoms with E-state index >= 15 is 0 Å². The molecule has 1 saturated heterocycles. The number of carbonyl (C=O) groups is 2. The first-order valence-corrected chi connectivity index (χ1v) is 11.5. The Hall–Kier alpha value is -2.38. The van der Waals surface area contributed by atoms with E-state index in [4.69, 9.17) is 4.74 Å². The average molecular weight is 422 g/mol. The molecule has 1 aromatic carbocycles. The van der Waals surface area contributed by atoms with Crippen molar-refractivity contribution in [1.29, 1.82) is 0 Å². The van der Waals surface area contributed by atoms with Crippen LogP contribution in [-0.4, -0.2) is 68.7 Å². The summed E-state index contributed by atoms with van der Waals surface area (Å²) in [4.78, 5) is 28.9. The number of amides is 2. The first-order chi connectivity index (χ1) is 14.9. The first-order valence-electron chi connectivity index (χ1n) is 11.5.